The van der Waals surface area contributed by atoms with E-state index in [0.29, 0.717) is 29.4 Å². The molecule has 0 spiro atoms. The van der Waals surface area contributed by atoms with Crippen LogP contribution < -0.4 is 21.9 Å². The third-order valence-corrected chi connectivity index (χ3v) is 5.25. The van der Waals surface area contributed by atoms with Gasteiger partial charge in [-0.15, -0.1) is 5.10 Å². The van der Waals surface area contributed by atoms with Crippen molar-refractivity contribution in [2.75, 3.05) is 12.8 Å². The number of aromatic amines is 1. The lowest BCUT2D eigenvalue weighted by Crippen LogP contribution is -2.18. The van der Waals surface area contributed by atoms with Crippen molar-refractivity contribution < 1.29 is 14.6 Å². The minimum Gasteiger partial charge on any atom is -0.481 e. The van der Waals surface area contributed by atoms with Crippen molar-refractivity contribution in [2.45, 2.75) is 26.2 Å². The van der Waals surface area contributed by atoms with Crippen molar-refractivity contribution in [1.82, 2.24) is 24.7 Å². The van der Waals surface area contributed by atoms with E-state index in [-0.39, 0.29) is 17.6 Å². The molecule has 0 aliphatic heterocycles. The summed E-state index contributed by atoms with van der Waals surface area (Å²) in [7, 11) is 1.56. The van der Waals surface area contributed by atoms with E-state index in [1.807, 2.05) is 31.2 Å². The standard InChI is InChI=1S/C23H24N8O2.C2H4O2/c1-13-10-16(12-19(28-13)33-2)17(11-14-5-7-15(8-6-14)20(25)26)21-29-23(32)31(30-21)22-18(24)4-3-9-27-22;1-2(3)4/h3-10,12,17H,11,24H2,1-2H3,(H3,25,26)(H,29,30,32);1H3,(H,3,4). The fourth-order valence-electron chi connectivity index (χ4n) is 3.63. The van der Waals surface area contributed by atoms with Gasteiger partial charge in [0.1, 0.15) is 11.7 Å². The lowest BCUT2D eigenvalue weighted by atomic mass is 9.91. The van der Waals surface area contributed by atoms with Gasteiger partial charge in [0.2, 0.25) is 5.88 Å². The average Bonchev–Trinajstić information content (AvgIpc) is 3.23. The molecule has 0 amide bonds. The van der Waals surface area contributed by atoms with E-state index in [1.54, 1.807) is 37.6 Å². The van der Waals surface area contributed by atoms with Crippen LogP contribution in [-0.2, 0) is 11.2 Å². The first-order valence-corrected chi connectivity index (χ1v) is 11.1. The third kappa shape index (κ3) is 6.78. The van der Waals surface area contributed by atoms with E-state index in [9.17, 15) is 4.79 Å². The molecule has 0 saturated heterocycles. The smallest absolute Gasteiger partial charge is 0.349 e. The van der Waals surface area contributed by atoms with Gasteiger partial charge in [0.25, 0.3) is 5.97 Å². The van der Waals surface area contributed by atoms with Crippen molar-refractivity contribution >= 4 is 17.5 Å². The minimum atomic E-state index is -0.833. The number of carboxylic acid groups (broad SMARTS) is 1. The van der Waals surface area contributed by atoms with Gasteiger partial charge in [-0.2, -0.15) is 4.68 Å². The van der Waals surface area contributed by atoms with Crippen molar-refractivity contribution in [2.24, 2.45) is 5.73 Å². The lowest BCUT2D eigenvalue weighted by molar-refractivity contribution is -0.134. The number of nitrogens with zero attached hydrogens (tertiary/aromatic N) is 4. The minimum absolute atomic E-state index is 0.00335. The molecule has 1 aromatic carbocycles. The van der Waals surface area contributed by atoms with Crippen molar-refractivity contribution in [3.63, 3.8) is 0 Å². The Kier molecular flexibility index (Phi) is 8.35. The van der Waals surface area contributed by atoms with Crippen LogP contribution >= 0.6 is 0 Å². The van der Waals surface area contributed by atoms with Gasteiger partial charge in [0.05, 0.1) is 12.8 Å². The van der Waals surface area contributed by atoms with Gasteiger partial charge < -0.3 is 21.3 Å². The SMILES string of the molecule is CC(=O)O.COc1cc(C(Cc2ccc(C(=N)N)cc2)c2nn(-c3ncccc3N)c(=O)[nH]2)cc(C)n1. The number of anilines is 1. The Balaban J connectivity index is 0.000000886. The van der Waals surface area contributed by atoms with Crippen molar-refractivity contribution in [3.05, 3.63) is 93.4 Å². The second-order valence-corrected chi connectivity index (χ2v) is 8.11. The van der Waals surface area contributed by atoms with Crippen LogP contribution in [0.4, 0.5) is 5.69 Å². The first kappa shape index (κ1) is 26.6. The highest BCUT2D eigenvalue weighted by atomic mass is 16.5. The van der Waals surface area contributed by atoms with Crippen LogP contribution in [0.25, 0.3) is 5.82 Å². The van der Waals surface area contributed by atoms with E-state index in [4.69, 9.17) is 31.5 Å². The topological polar surface area (TPSA) is 199 Å². The highest BCUT2D eigenvalue weighted by molar-refractivity contribution is 5.94. The Bertz CT molecular complexity index is 1460. The molecule has 0 aliphatic rings. The van der Waals surface area contributed by atoms with Gasteiger partial charge in [-0.3, -0.25) is 15.2 Å². The molecule has 0 fully saturated rings. The van der Waals surface area contributed by atoms with Gasteiger partial charge in [-0.05, 0) is 42.7 Å². The molecule has 0 radical (unpaired) electrons. The first-order valence-electron chi connectivity index (χ1n) is 11.1. The van der Waals surface area contributed by atoms with E-state index in [2.05, 4.69) is 20.1 Å². The Morgan fingerprint density at radius 1 is 1.24 bits per heavy atom. The second-order valence-electron chi connectivity index (χ2n) is 8.11. The zero-order valence-corrected chi connectivity index (χ0v) is 20.6. The van der Waals surface area contributed by atoms with Gasteiger partial charge >= 0.3 is 5.69 Å². The first-order chi connectivity index (χ1) is 17.6. The molecule has 192 valence electrons. The van der Waals surface area contributed by atoms with E-state index in [1.165, 1.54) is 4.68 Å². The highest BCUT2D eigenvalue weighted by Gasteiger charge is 2.23. The van der Waals surface area contributed by atoms with Crippen LogP contribution in [0.1, 0.15) is 41.1 Å². The summed E-state index contributed by atoms with van der Waals surface area (Å²) in [4.78, 5) is 33.2. The van der Waals surface area contributed by atoms with Crippen LogP contribution in [0.2, 0.25) is 0 Å². The van der Waals surface area contributed by atoms with Crippen molar-refractivity contribution in [3.8, 4) is 11.7 Å². The van der Waals surface area contributed by atoms with Crippen LogP contribution in [0.3, 0.4) is 0 Å². The van der Waals surface area contributed by atoms with Crippen LogP contribution in [0.15, 0.2) is 59.5 Å². The van der Waals surface area contributed by atoms with E-state index >= 15 is 0 Å². The predicted molar refractivity (Wildman–Crippen MR) is 138 cm³/mol. The van der Waals surface area contributed by atoms with Gasteiger partial charge in [-0.1, -0.05) is 24.3 Å². The fourth-order valence-corrected chi connectivity index (χ4v) is 3.63. The summed E-state index contributed by atoms with van der Waals surface area (Å²) in [5, 5.41) is 19.6. The second kappa shape index (κ2) is 11.6. The number of nitrogens with two attached hydrogens (primary N) is 2. The molecule has 3 aromatic heterocycles. The number of benzene rings is 1. The molecule has 7 N–H and O–H groups in total. The van der Waals surface area contributed by atoms with Gasteiger partial charge in [-0.25, -0.2) is 14.8 Å². The number of hydrogen-bond donors (Lipinski definition) is 5. The largest absolute Gasteiger partial charge is 0.481 e. The Morgan fingerprint density at radius 2 is 1.92 bits per heavy atom. The summed E-state index contributed by atoms with van der Waals surface area (Å²) in [5.41, 5.74) is 14.8. The summed E-state index contributed by atoms with van der Waals surface area (Å²) >= 11 is 0. The molecule has 1 atom stereocenters. The number of amidine groups is 1. The molecule has 4 rings (SSSR count). The number of carboxylic acids is 1. The number of carbonyl (C=O) groups is 1. The summed E-state index contributed by atoms with van der Waals surface area (Å²) in [5.74, 6) is 0.0374. The van der Waals surface area contributed by atoms with E-state index in [0.717, 1.165) is 23.7 Å². The summed E-state index contributed by atoms with van der Waals surface area (Å²) in [6.45, 7) is 2.96. The summed E-state index contributed by atoms with van der Waals surface area (Å²) < 4.78 is 6.52. The molecule has 0 aliphatic carbocycles. The average molecular weight is 505 g/mol. The molecule has 4 aromatic rings. The monoisotopic (exact) mass is 504 g/mol. The Labute approximate surface area is 212 Å². The third-order valence-electron chi connectivity index (χ3n) is 5.25. The maximum atomic E-state index is 12.8. The molecule has 37 heavy (non-hydrogen) atoms. The number of nitrogens with one attached hydrogen (secondary N) is 2. The molecule has 12 heteroatoms. The van der Waals surface area contributed by atoms with Gasteiger partial charge in [0, 0.05) is 36.4 Å². The van der Waals surface area contributed by atoms with Crippen LogP contribution in [-0.4, -0.2) is 48.8 Å². The number of ether oxygens (including phenoxy) is 1. The molecule has 12 nitrogen and oxygen atoms in total. The number of hydrogen-bond acceptors (Lipinski definition) is 8. The maximum Gasteiger partial charge on any atom is 0.349 e. The number of methoxy groups -OCH3 is 1. The summed E-state index contributed by atoms with van der Waals surface area (Å²) in [6.07, 6.45) is 2.08. The number of aromatic nitrogens is 5. The van der Waals surface area contributed by atoms with Gasteiger partial charge in [0.15, 0.2) is 5.82 Å². The van der Waals surface area contributed by atoms with Crippen molar-refractivity contribution in [1.29, 1.82) is 5.41 Å². The number of rotatable bonds is 7. The van der Waals surface area contributed by atoms with Crippen LogP contribution in [0.5, 0.6) is 5.88 Å². The maximum absolute atomic E-state index is 12.8. The Hall–Kier alpha value is -5.00. The summed E-state index contributed by atoms with van der Waals surface area (Å²) in [6, 6.07) is 14.5. The number of nitrogen functional groups attached to an aromatic ring is 2. The number of pyridine rings is 2. The Morgan fingerprint density at radius 3 is 2.51 bits per heavy atom. The predicted octanol–water partition coefficient (Wildman–Crippen LogP) is 2.00. The normalized spacial score (nSPS) is 11.2. The van der Waals surface area contributed by atoms with E-state index < -0.39 is 11.7 Å². The van der Waals surface area contributed by atoms with Crippen LogP contribution in [0, 0.1) is 12.3 Å². The number of aliphatic carboxylic acids is 1. The molecule has 0 bridgehead atoms. The molecule has 0 saturated carbocycles. The highest BCUT2D eigenvalue weighted by Crippen LogP contribution is 2.29. The quantitative estimate of drug-likeness (QED) is 0.184. The molecular weight excluding hydrogens is 476 g/mol. The zero-order chi connectivity index (χ0) is 27.1. The number of aryl methyl sites for hydroxylation is 1. The molecule has 1 unspecified atom stereocenters. The molecule has 3 heterocycles. The fraction of sp³-hybridized carbons (Fsp3) is 0.200. The zero-order valence-electron chi connectivity index (χ0n) is 20.6. The number of H-pyrrole nitrogens is 1. The molecular formula is C25H28N8O4. The lowest BCUT2D eigenvalue weighted by Gasteiger charge is -2.17.